The fourth-order valence-electron chi connectivity index (χ4n) is 15.2. The van der Waals surface area contributed by atoms with E-state index in [1.54, 1.807) is 54.6 Å². The van der Waals surface area contributed by atoms with Crippen molar-refractivity contribution in [3.05, 3.63) is 174 Å². The Labute approximate surface area is 785 Å². The van der Waals surface area contributed by atoms with E-state index in [-0.39, 0.29) is 126 Å². The van der Waals surface area contributed by atoms with Gasteiger partial charge >= 0.3 is 13.6 Å². The van der Waals surface area contributed by atoms with Crippen LogP contribution in [0.25, 0.3) is 44.7 Å². The zero-order valence-electron chi connectivity index (χ0n) is 73.9. The van der Waals surface area contributed by atoms with E-state index in [0.717, 1.165) is 17.7 Å². The van der Waals surface area contributed by atoms with Crippen LogP contribution in [0.1, 0.15) is 117 Å². The van der Waals surface area contributed by atoms with Crippen molar-refractivity contribution in [2.45, 2.75) is 208 Å². The van der Waals surface area contributed by atoms with Crippen LogP contribution in [0.5, 0.6) is 0 Å². The first-order valence-corrected chi connectivity index (χ1v) is 54.3. The van der Waals surface area contributed by atoms with Crippen molar-refractivity contribution < 1.29 is 97.3 Å². The maximum atomic E-state index is 17.4. The molecule has 708 valence electrons. The molecule has 133 heavy (non-hydrogen) atoms. The first-order chi connectivity index (χ1) is 62.6. The molecule has 6 aliphatic rings. The molecule has 14 heterocycles. The largest absolute Gasteiger partial charge is 0.414 e. The number of carbonyl (C=O) groups is 2. The van der Waals surface area contributed by atoms with Crippen LogP contribution in [0.15, 0.2) is 136 Å². The summed E-state index contributed by atoms with van der Waals surface area (Å²) < 4.78 is 165. The van der Waals surface area contributed by atoms with Gasteiger partial charge in [0.15, 0.2) is 111 Å². The molecule has 0 aliphatic carbocycles. The number of alkyl halides is 4. The van der Waals surface area contributed by atoms with Crippen LogP contribution in [-0.2, 0) is 73.6 Å². The average Bonchev–Trinajstić information content (AvgIpc) is 1.61. The highest BCUT2D eigenvalue weighted by atomic mass is 32.7. The average molecular weight is 1990 g/mol. The molecule has 49 heteroatoms. The topological polar surface area (TPSA) is 425 Å². The number of aromatic nitrogens is 16. The summed E-state index contributed by atoms with van der Waals surface area (Å²) in [7, 11) is -5.12. The quantitative estimate of drug-likeness (QED) is 0.0270. The number of carbonyl (C=O) groups excluding carboxylic acids is 2. The Morgan fingerprint density at radius 3 is 1.46 bits per heavy atom. The maximum Gasteiger partial charge on any atom is 0.390 e. The molecule has 24 bridgehead atoms. The molecule has 3 unspecified atom stereocenters. The van der Waals surface area contributed by atoms with Crippen LogP contribution in [0, 0.1) is 33.8 Å². The molecule has 0 saturated carbocycles. The first kappa shape index (κ1) is 99.8. The van der Waals surface area contributed by atoms with Crippen LogP contribution < -0.4 is 9.80 Å². The Hall–Kier alpha value is -9.15. The first-order valence-electron chi connectivity index (χ1n) is 42.0. The molecule has 8 aromatic heterocycles. The molecule has 11 aromatic rings. The molecular weight excluding hydrogens is 1890 g/mol. The summed E-state index contributed by atoms with van der Waals surface area (Å²) >= 11 is 1.25. The number of rotatable bonds is 13. The van der Waals surface area contributed by atoms with E-state index in [1.807, 2.05) is 39.9 Å². The number of aliphatic hydroxyl groups is 2. The molecule has 0 radical (unpaired) electrons. The van der Waals surface area contributed by atoms with Crippen LogP contribution in [0.3, 0.4) is 0 Å². The maximum absolute atomic E-state index is 17.4. The predicted molar refractivity (Wildman–Crippen MR) is 499 cm³/mol. The standard InChI is InChI=1S/C45H60F2N9O8PSSi2.C39H35F2N10O10PS.2H2S/c1-44(2,3)67(8,9)60-23-31-36-32(46)42(62-31)55-26-52-34-29(48-24-49-38(34)55)20-16-13-17-21-54(41(57)28-18-14-12-15-19-28)39-35-40(51-25-50-39)56(27-53-35)43-33(47)37(64-68(10,11)45(4,5)6)30(61-43)22-59-65(58,63-36)66-7;40-28-32(53)27-16-58-62(57,63-17-23-11-6-7-13-25(23)51(55)56)61-33-26(15-52)59-39(29(33)41)49-20-46-30-24(42-18-43-34(30)49)12-5-2-8-14-48(37(54)22-9-3-1-4-10-22)35-31-36(45-19-44-35)50(21-47-31)38(28)60-27;;/h12,14-15,18-19,24-27,30-33,36-37,42-43H,16,20-23H2,1-11H3;1,3-4,6-7,9-11,13,18-21,26-29,32-33,38-39,52-53H,5,12,14-17H2;2*1H2/t30-,31-,32-,33-,36?,37-,42-,43-,65+;26-,27-,28-,29-,32?,33?,38-,39-,62+;;/m11../s1. The van der Waals surface area contributed by atoms with Gasteiger partial charge in [-0.05, 0) is 89.5 Å². The summed E-state index contributed by atoms with van der Waals surface area (Å²) in [4.78, 5) is 95.6. The van der Waals surface area contributed by atoms with Gasteiger partial charge in [-0.25, -0.2) is 86.5 Å². The van der Waals surface area contributed by atoms with Crippen molar-refractivity contribution in [2.24, 2.45) is 0 Å². The monoisotopic (exact) mass is 1980 g/mol. The highest BCUT2D eigenvalue weighted by Gasteiger charge is 2.57. The highest BCUT2D eigenvalue weighted by molar-refractivity contribution is 8.55. The summed E-state index contributed by atoms with van der Waals surface area (Å²) in [6.07, 6.45) is -12.0. The molecule has 17 rings (SSSR count). The SMILES string of the molecule is CS[P@@]1(=O)OC[C@H]2O[C@H]([C@H](F)[C@@H]2O[Si](C)(C)C(C)(C)C)n2cnc3c(ncnc32)N(C(=O)c2ccccc2)CC#CCCc2ncnc3c2ncn3[C@@H]2O[C@H](CO[Si](C)(C)C(C)(C)C)C(O1)[C@H]2F.O=C(c1ccccc1)N1CC#CCCc2ncnc3c2ncn3[C@@H]2O[C@H](CO)C(O[P@@](=O)(SCc3ccccc3[N+](=O)[O-])OC[C@H]3O[C@H]([C@H](F)C3O)n3cnc4c1ncnc43)[C@H]2F.S.S. The van der Waals surface area contributed by atoms with Gasteiger partial charge < -0.3 is 38.0 Å². The summed E-state index contributed by atoms with van der Waals surface area (Å²) in [6, 6.07) is 22.8. The second-order valence-corrected chi connectivity index (χ2v) is 52.4. The molecule has 37 nitrogen and oxygen atoms in total. The molecule has 0 spiro atoms. The number of ether oxygens (including phenoxy) is 4. The zero-order chi connectivity index (χ0) is 92.8. The van der Waals surface area contributed by atoms with Crippen molar-refractivity contribution in [1.29, 1.82) is 0 Å². The number of halogens is 4. The van der Waals surface area contributed by atoms with Crippen LogP contribution in [-0.4, -0.2) is 241 Å². The smallest absolute Gasteiger partial charge is 0.390 e. The minimum Gasteiger partial charge on any atom is -0.414 e. The second kappa shape index (κ2) is 41.0. The van der Waals surface area contributed by atoms with E-state index in [4.69, 9.17) is 45.9 Å². The van der Waals surface area contributed by atoms with E-state index in [1.165, 1.54) is 103 Å². The van der Waals surface area contributed by atoms with E-state index in [9.17, 15) is 39.0 Å². The van der Waals surface area contributed by atoms with Gasteiger partial charge in [0.1, 0.15) is 85.2 Å². The summed E-state index contributed by atoms with van der Waals surface area (Å²) in [5, 5.41) is 32.8. The molecule has 4 fully saturated rings. The van der Waals surface area contributed by atoms with Gasteiger partial charge in [0.25, 0.3) is 17.5 Å². The number of hydrogen-bond acceptors (Lipinski definition) is 32. The number of imidazole rings is 4. The van der Waals surface area contributed by atoms with Crippen LogP contribution in [0.2, 0.25) is 36.3 Å². The second-order valence-electron chi connectivity index (χ2n) is 34.6. The predicted octanol–water partition coefficient (Wildman–Crippen LogP) is 13.7. The van der Waals surface area contributed by atoms with Gasteiger partial charge in [-0.1, -0.05) is 108 Å². The van der Waals surface area contributed by atoms with E-state index in [0.29, 0.717) is 63.4 Å². The number of amides is 2. The molecular formula is C84H99F4N19O18P2S4Si2. The van der Waals surface area contributed by atoms with Crippen LogP contribution >= 0.6 is 63.4 Å². The number of nitrogens with zero attached hydrogens (tertiary/aromatic N) is 19. The number of para-hydroxylation sites is 1. The molecule has 2 N–H and O–H groups in total. The number of nitro benzene ring substituents is 1. The summed E-state index contributed by atoms with van der Waals surface area (Å²) in [5.41, 5.74) is 3.30. The molecule has 2 amide bonds. The third-order valence-corrected chi connectivity index (χ3v) is 40.3. The molecule has 3 aromatic carbocycles. The van der Waals surface area contributed by atoms with E-state index < -0.39 is 165 Å². The van der Waals surface area contributed by atoms with Crippen molar-refractivity contribution in [2.75, 3.05) is 55.6 Å². The Bertz CT molecular complexity index is 6300. The number of benzene rings is 3. The summed E-state index contributed by atoms with van der Waals surface area (Å²) in [5.74, 6) is 11.4. The lowest BCUT2D eigenvalue weighted by atomic mass is 10.1. The lowest BCUT2D eigenvalue weighted by Gasteiger charge is -2.39. The third-order valence-electron chi connectivity index (χ3n) is 24.4. The fraction of sp³-hybridized carbons (Fsp3) is 0.476. The van der Waals surface area contributed by atoms with E-state index in [2.05, 4.69) is 117 Å². The third kappa shape index (κ3) is 20.5. The Kier molecular flexibility index (Phi) is 30.8. The van der Waals surface area contributed by atoms with Gasteiger partial charge in [0.2, 0.25) is 0 Å². The fourth-order valence-corrected chi connectivity index (χ4v) is 23.1. The highest BCUT2D eigenvalue weighted by Crippen LogP contribution is 2.65. The molecule has 6 aliphatic heterocycles. The Morgan fingerprint density at radius 1 is 0.549 bits per heavy atom. The lowest BCUT2D eigenvalue weighted by Crippen LogP contribution is -2.49. The number of aryl methyl sites for hydroxylation is 2. The van der Waals surface area contributed by atoms with Gasteiger partial charge in [-0.2, -0.15) is 27.0 Å². The number of nitro groups is 1. The van der Waals surface area contributed by atoms with Crippen molar-refractivity contribution in [1.82, 2.24) is 78.1 Å². The van der Waals surface area contributed by atoms with E-state index >= 15 is 17.6 Å². The van der Waals surface area contributed by atoms with Crippen molar-refractivity contribution in [3.63, 3.8) is 0 Å². The van der Waals surface area contributed by atoms with Crippen LogP contribution in [0.4, 0.5) is 34.9 Å². The zero-order valence-corrected chi connectivity index (χ0v) is 81.3. The summed E-state index contributed by atoms with van der Waals surface area (Å²) in [6.45, 7) is 9.23. The van der Waals surface area contributed by atoms with Gasteiger partial charge in [-0.15, -0.1) is 11.8 Å². The minimum absolute atomic E-state index is 0. The van der Waals surface area contributed by atoms with Gasteiger partial charge in [-0.3, -0.25) is 65.9 Å². The Morgan fingerprint density at radius 2 is 0.970 bits per heavy atom. The van der Waals surface area contributed by atoms with Gasteiger partial charge in [0.05, 0.1) is 81.1 Å². The van der Waals surface area contributed by atoms with Gasteiger partial charge in [0, 0.05) is 54.2 Å². The van der Waals surface area contributed by atoms with Crippen molar-refractivity contribution in [3.8, 4) is 23.7 Å². The minimum atomic E-state index is -4.70. The molecule has 4 saturated heterocycles. The molecule has 18 atom stereocenters. The van der Waals surface area contributed by atoms with Crippen molar-refractivity contribution >= 4 is 154 Å². The number of hydrogen-bond donors (Lipinski definition) is 2. The Balaban J connectivity index is 0.000000211. The number of aliphatic hydroxyl groups excluding tert-OH is 2. The number of anilines is 2. The lowest BCUT2D eigenvalue weighted by molar-refractivity contribution is -0.385. The number of fused-ring (bicyclic) bond motifs is 12. The normalized spacial score (nSPS) is 27.3.